The van der Waals surface area contributed by atoms with E-state index >= 15 is 0 Å². The van der Waals surface area contributed by atoms with Crippen LogP contribution in [0.15, 0.2) is 16.6 Å². The first-order chi connectivity index (χ1) is 7.07. The van der Waals surface area contributed by atoms with Crippen molar-refractivity contribution in [2.45, 2.75) is 20.3 Å². The zero-order chi connectivity index (χ0) is 11.4. The minimum Gasteiger partial charge on any atom is -0.462 e. The number of rotatable bonds is 3. The third-order valence-electron chi connectivity index (χ3n) is 2.05. The SMILES string of the molecule is CCCOC(=O)c1c(Br)ccc(C)c1N. The molecule has 0 aliphatic heterocycles. The summed E-state index contributed by atoms with van der Waals surface area (Å²) in [5, 5.41) is 0. The summed E-state index contributed by atoms with van der Waals surface area (Å²) in [6.45, 7) is 4.22. The van der Waals surface area contributed by atoms with Gasteiger partial charge in [-0.15, -0.1) is 0 Å². The molecule has 15 heavy (non-hydrogen) atoms. The second-order valence-corrected chi connectivity index (χ2v) is 4.14. The van der Waals surface area contributed by atoms with Crippen molar-refractivity contribution >= 4 is 27.6 Å². The van der Waals surface area contributed by atoms with E-state index in [-0.39, 0.29) is 5.97 Å². The third kappa shape index (κ3) is 2.72. The number of nitrogens with two attached hydrogens (primary N) is 1. The predicted molar refractivity (Wildman–Crippen MR) is 63.9 cm³/mol. The zero-order valence-corrected chi connectivity index (χ0v) is 10.4. The van der Waals surface area contributed by atoms with Gasteiger partial charge in [-0.2, -0.15) is 0 Å². The molecule has 0 radical (unpaired) electrons. The van der Waals surface area contributed by atoms with Crippen molar-refractivity contribution in [1.82, 2.24) is 0 Å². The average Bonchev–Trinajstić information content (AvgIpc) is 2.21. The number of ether oxygens (including phenoxy) is 1. The van der Waals surface area contributed by atoms with Gasteiger partial charge in [0.15, 0.2) is 0 Å². The highest BCUT2D eigenvalue weighted by Crippen LogP contribution is 2.26. The van der Waals surface area contributed by atoms with Crippen molar-refractivity contribution in [3.05, 3.63) is 27.7 Å². The standard InChI is InChI=1S/C11H14BrNO2/c1-3-6-15-11(14)9-8(12)5-4-7(2)10(9)13/h4-5H,3,6,13H2,1-2H3. The summed E-state index contributed by atoms with van der Waals surface area (Å²) >= 11 is 3.29. The summed E-state index contributed by atoms with van der Waals surface area (Å²) in [6, 6.07) is 3.66. The molecule has 4 heteroatoms. The Morgan fingerprint density at radius 3 is 2.80 bits per heavy atom. The van der Waals surface area contributed by atoms with Crippen molar-refractivity contribution < 1.29 is 9.53 Å². The Kier molecular flexibility index (Phi) is 4.15. The number of benzene rings is 1. The molecule has 0 heterocycles. The number of halogens is 1. The van der Waals surface area contributed by atoms with E-state index in [2.05, 4.69) is 15.9 Å². The minimum absolute atomic E-state index is 0.370. The predicted octanol–water partition coefficient (Wildman–Crippen LogP) is 2.91. The van der Waals surface area contributed by atoms with Gasteiger partial charge in [-0.3, -0.25) is 0 Å². The van der Waals surface area contributed by atoms with Crippen LogP contribution in [0.5, 0.6) is 0 Å². The minimum atomic E-state index is -0.370. The van der Waals surface area contributed by atoms with Crippen LogP contribution in [-0.2, 0) is 4.74 Å². The number of carbonyl (C=O) groups is 1. The molecule has 0 bridgehead atoms. The lowest BCUT2D eigenvalue weighted by Gasteiger charge is -2.10. The molecule has 0 aliphatic rings. The summed E-state index contributed by atoms with van der Waals surface area (Å²) in [5.41, 5.74) is 7.60. The van der Waals surface area contributed by atoms with Gasteiger partial charge in [-0.05, 0) is 40.9 Å². The molecule has 0 fully saturated rings. The van der Waals surface area contributed by atoms with Crippen LogP contribution in [0, 0.1) is 6.92 Å². The Hall–Kier alpha value is -1.03. The average molecular weight is 272 g/mol. The smallest absolute Gasteiger partial charge is 0.341 e. The van der Waals surface area contributed by atoms with Crippen LogP contribution in [0.3, 0.4) is 0 Å². The maximum absolute atomic E-state index is 11.7. The number of aryl methyl sites for hydroxylation is 1. The molecule has 1 rings (SSSR count). The lowest BCUT2D eigenvalue weighted by atomic mass is 10.1. The van der Waals surface area contributed by atoms with E-state index in [4.69, 9.17) is 10.5 Å². The number of esters is 1. The monoisotopic (exact) mass is 271 g/mol. The van der Waals surface area contributed by atoms with E-state index in [1.54, 1.807) is 6.07 Å². The summed E-state index contributed by atoms with van der Waals surface area (Å²) in [6.07, 6.45) is 0.801. The van der Waals surface area contributed by atoms with E-state index in [1.807, 2.05) is 19.9 Å². The van der Waals surface area contributed by atoms with Crippen molar-refractivity contribution in [3.63, 3.8) is 0 Å². The number of hydrogen-bond acceptors (Lipinski definition) is 3. The van der Waals surface area contributed by atoms with Crippen molar-refractivity contribution in [3.8, 4) is 0 Å². The van der Waals surface area contributed by atoms with Crippen molar-refractivity contribution in [2.75, 3.05) is 12.3 Å². The molecule has 82 valence electrons. The highest BCUT2D eigenvalue weighted by atomic mass is 79.9. The normalized spacial score (nSPS) is 10.1. The fraction of sp³-hybridized carbons (Fsp3) is 0.364. The van der Waals surface area contributed by atoms with Crippen LogP contribution in [0.25, 0.3) is 0 Å². The first-order valence-corrected chi connectivity index (χ1v) is 5.59. The molecular weight excluding hydrogens is 258 g/mol. The van der Waals surface area contributed by atoms with E-state index < -0.39 is 0 Å². The Morgan fingerprint density at radius 2 is 2.20 bits per heavy atom. The lowest BCUT2D eigenvalue weighted by molar-refractivity contribution is 0.0505. The van der Waals surface area contributed by atoms with Gasteiger partial charge in [0.25, 0.3) is 0 Å². The molecule has 0 saturated heterocycles. The fourth-order valence-electron chi connectivity index (χ4n) is 1.17. The Morgan fingerprint density at radius 1 is 1.53 bits per heavy atom. The van der Waals surface area contributed by atoms with Crippen LogP contribution >= 0.6 is 15.9 Å². The summed E-state index contributed by atoms with van der Waals surface area (Å²) in [7, 11) is 0. The molecule has 1 aromatic carbocycles. The Balaban J connectivity index is 3.02. The maximum atomic E-state index is 11.7. The van der Waals surface area contributed by atoms with Gasteiger partial charge < -0.3 is 10.5 Å². The lowest BCUT2D eigenvalue weighted by Crippen LogP contribution is -2.10. The van der Waals surface area contributed by atoms with E-state index in [1.165, 1.54) is 0 Å². The van der Waals surface area contributed by atoms with E-state index in [0.29, 0.717) is 22.3 Å². The third-order valence-corrected chi connectivity index (χ3v) is 2.71. The zero-order valence-electron chi connectivity index (χ0n) is 8.84. The van der Waals surface area contributed by atoms with Gasteiger partial charge in [0.1, 0.15) is 0 Å². The fourth-order valence-corrected chi connectivity index (χ4v) is 1.68. The number of nitrogen functional groups attached to an aromatic ring is 1. The number of carbonyl (C=O) groups excluding carboxylic acids is 1. The van der Waals surface area contributed by atoms with Gasteiger partial charge in [0, 0.05) is 4.47 Å². The summed E-state index contributed by atoms with van der Waals surface area (Å²) in [5.74, 6) is -0.370. The van der Waals surface area contributed by atoms with Gasteiger partial charge in [0.05, 0.1) is 17.9 Å². The maximum Gasteiger partial charge on any atom is 0.341 e. The Bertz CT molecular complexity index is 377. The highest BCUT2D eigenvalue weighted by molar-refractivity contribution is 9.10. The molecule has 0 aliphatic carbocycles. The number of hydrogen-bond donors (Lipinski definition) is 1. The molecule has 0 amide bonds. The molecule has 0 spiro atoms. The second-order valence-electron chi connectivity index (χ2n) is 3.29. The van der Waals surface area contributed by atoms with Crippen molar-refractivity contribution in [2.24, 2.45) is 0 Å². The number of anilines is 1. The van der Waals surface area contributed by atoms with E-state index in [9.17, 15) is 4.79 Å². The topological polar surface area (TPSA) is 52.3 Å². The molecule has 0 saturated carbocycles. The van der Waals surface area contributed by atoms with Gasteiger partial charge in [-0.1, -0.05) is 13.0 Å². The van der Waals surface area contributed by atoms with Crippen LogP contribution < -0.4 is 5.73 Å². The van der Waals surface area contributed by atoms with Crippen LogP contribution in [0.1, 0.15) is 29.3 Å². The first-order valence-electron chi connectivity index (χ1n) is 4.79. The largest absolute Gasteiger partial charge is 0.462 e. The highest BCUT2D eigenvalue weighted by Gasteiger charge is 2.16. The molecule has 2 N–H and O–H groups in total. The molecule has 3 nitrogen and oxygen atoms in total. The van der Waals surface area contributed by atoms with Gasteiger partial charge >= 0.3 is 5.97 Å². The summed E-state index contributed by atoms with van der Waals surface area (Å²) in [4.78, 5) is 11.7. The summed E-state index contributed by atoms with van der Waals surface area (Å²) < 4.78 is 5.72. The molecule has 0 unspecified atom stereocenters. The molecule has 0 aromatic heterocycles. The Labute approximate surface area is 97.7 Å². The van der Waals surface area contributed by atoms with Gasteiger partial charge in [0.2, 0.25) is 0 Å². The van der Waals surface area contributed by atoms with E-state index in [0.717, 1.165) is 12.0 Å². The second kappa shape index (κ2) is 5.16. The quantitative estimate of drug-likeness (QED) is 0.680. The van der Waals surface area contributed by atoms with Crippen LogP contribution in [0.2, 0.25) is 0 Å². The molecule has 0 atom stereocenters. The van der Waals surface area contributed by atoms with Gasteiger partial charge in [-0.25, -0.2) is 4.79 Å². The first kappa shape index (κ1) is 12.0. The molecule has 1 aromatic rings. The van der Waals surface area contributed by atoms with Crippen molar-refractivity contribution in [1.29, 1.82) is 0 Å². The molecular formula is C11H14BrNO2. The van der Waals surface area contributed by atoms with Crippen LogP contribution in [-0.4, -0.2) is 12.6 Å². The van der Waals surface area contributed by atoms with Crippen LogP contribution in [0.4, 0.5) is 5.69 Å².